The van der Waals surface area contributed by atoms with E-state index >= 15 is 0 Å². The van der Waals surface area contributed by atoms with Gasteiger partial charge in [0.25, 0.3) is 0 Å². The lowest BCUT2D eigenvalue weighted by Crippen LogP contribution is -2.33. The first kappa shape index (κ1) is 19.5. The summed E-state index contributed by atoms with van der Waals surface area (Å²) in [5, 5.41) is 3.62. The average molecular weight is 403 g/mol. The molecule has 1 N–H and O–H groups in total. The van der Waals surface area contributed by atoms with Crippen molar-refractivity contribution in [2.75, 3.05) is 18.4 Å². The van der Waals surface area contributed by atoms with Crippen LogP contribution in [0.5, 0.6) is 0 Å². The summed E-state index contributed by atoms with van der Waals surface area (Å²) in [5.74, 6) is -0.182. The van der Waals surface area contributed by atoms with Gasteiger partial charge in [0.1, 0.15) is 0 Å². The quantitative estimate of drug-likeness (QED) is 0.648. The van der Waals surface area contributed by atoms with Crippen molar-refractivity contribution in [3.8, 4) is 0 Å². The summed E-state index contributed by atoms with van der Waals surface area (Å²) in [7, 11) is 0. The van der Waals surface area contributed by atoms with Crippen molar-refractivity contribution in [1.82, 2.24) is 14.9 Å². The molecule has 3 rings (SSSR count). The number of nitrogens with one attached hydrogen (secondary N) is 1. The summed E-state index contributed by atoms with van der Waals surface area (Å²) in [6.45, 7) is 5.36. The zero-order valence-electron chi connectivity index (χ0n) is 15.2. The van der Waals surface area contributed by atoms with Gasteiger partial charge in [-0.1, -0.05) is 48.3 Å². The summed E-state index contributed by atoms with van der Waals surface area (Å²) < 4.78 is 0. The van der Waals surface area contributed by atoms with Gasteiger partial charge >= 0.3 is 0 Å². The van der Waals surface area contributed by atoms with Crippen LogP contribution in [0.25, 0.3) is 11.0 Å². The molecule has 0 radical (unpaired) electrons. The summed E-state index contributed by atoms with van der Waals surface area (Å²) in [4.78, 5) is 23.8. The molecule has 2 aromatic carbocycles. The van der Waals surface area contributed by atoms with Gasteiger partial charge in [-0.25, -0.2) is 9.97 Å². The fourth-order valence-corrected chi connectivity index (χ4v) is 3.26. The first-order valence-corrected chi connectivity index (χ1v) is 9.42. The SMILES string of the molecule is CCN(CC(=O)Nc1c(Cl)cccc1Cl)Cc1nc2ccccc2nc1C. The third-order valence-electron chi connectivity index (χ3n) is 4.26. The van der Waals surface area contributed by atoms with Crippen LogP contribution in [0.3, 0.4) is 0 Å². The van der Waals surface area contributed by atoms with Crippen LogP contribution < -0.4 is 5.32 Å². The van der Waals surface area contributed by atoms with E-state index in [1.54, 1.807) is 18.2 Å². The number of amides is 1. The molecule has 0 aliphatic rings. The third kappa shape index (κ3) is 4.75. The molecule has 0 atom stereocenters. The van der Waals surface area contributed by atoms with Crippen molar-refractivity contribution in [2.24, 2.45) is 0 Å². The van der Waals surface area contributed by atoms with Crippen LogP contribution in [-0.2, 0) is 11.3 Å². The maximum atomic E-state index is 12.5. The largest absolute Gasteiger partial charge is 0.322 e. The molecule has 0 aliphatic heterocycles. The van der Waals surface area contributed by atoms with Crippen LogP contribution in [0.1, 0.15) is 18.3 Å². The number of carbonyl (C=O) groups excluding carboxylic acids is 1. The molecule has 0 unspecified atom stereocenters. The second kappa shape index (κ2) is 8.65. The van der Waals surface area contributed by atoms with Gasteiger partial charge in [0.15, 0.2) is 0 Å². The number of hydrogen-bond acceptors (Lipinski definition) is 4. The van der Waals surface area contributed by atoms with E-state index < -0.39 is 0 Å². The number of likely N-dealkylation sites (N-methyl/N-ethyl adjacent to an activating group) is 1. The van der Waals surface area contributed by atoms with Crippen molar-refractivity contribution in [2.45, 2.75) is 20.4 Å². The number of anilines is 1. The molecule has 1 aromatic heterocycles. The number of halogens is 2. The maximum absolute atomic E-state index is 12.5. The normalized spacial score (nSPS) is 11.1. The molecule has 0 bridgehead atoms. The summed E-state index contributed by atoms with van der Waals surface area (Å²) in [6.07, 6.45) is 0. The van der Waals surface area contributed by atoms with Crippen LogP contribution in [0.4, 0.5) is 5.69 Å². The lowest BCUT2D eigenvalue weighted by atomic mass is 10.2. The van der Waals surface area contributed by atoms with Crippen molar-refractivity contribution >= 4 is 45.8 Å². The maximum Gasteiger partial charge on any atom is 0.238 e. The topological polar surface area (TPSA) is 58.1 Å². The van der Waals surface area contributed by atoms with Crippen LogP contribution in [0.15, 0.2) is 42.5 Å². The minimum atomic E-state index is -0.182. The van der Waals surface area contributed by atoms with Crippen LogP contribution in [-0.4, -0.2) is 33.9 Å². The van der Waals surface area contributed by atoms with E-state index in [1.807, 2.05) is 43.0 Å². The molecule has 0 aliphatic carbocycles. The van der Waals surface area contributed by atoms with E-state index in [9.17, 15) is 4.79 Å². The zero-order valence-corrected chi connectivity index (χ0v) is 16.7. The predicted molar refractivity (Wildman–Crippen MR) is 110 cm³/mol. The Bertz CT molecular complexity index is 957. The van der Waals surface area contributed by atoms with Gasteiger partial charge in [-0.3, -0.25) is 9.69 Å². The highest BCUT2D eigenvalue weighted by Crippen LogP contribution is 2.29. The van der Waals surface area contributed by atoms with Gasteiger partial charge in [0.05, 0.1) is 44.7 Å². The molecule has 3 aromatic rings. The number of aromatic nitrogens is 2. The molecule has 1 amide bonds. The molecule has 0 spiro atoms. The van der Waals surface area contributed by atoms with Crippen LogP contribution in [0, 0.1) is 6.92 Å². The second-order valence-electron chi connectivity index (χ2n) is 6.19. The number of benzene rings is 2. The first-order chi connectivity index (χ1) is 13.0. The van der Waals surface area contributed by atoms with E-state index in [1.165, 1.54) is 0 Å². The van der Waals surface area contributed by atoms with E-state index in [-0.39, 0.29) is 12.5 Å². The minimum Gasteiger partial charge on any atom is -0.322 e. The van der Waals surface area contributed by atoms with E-state index in [4.69, 9.17) is 28.2 Å². The van der Waals surface area contributed by atoms with Crippen molar-refractivity contribution in [3.63, 3.8) is 0 Å². The zero-order chi connectivity index (χ0) is 19.4. The molecule has 0 fully saturated rings. The Morgan fingerprint density at radius 2 is 1.67 bits per heavy atom. The Hall–Kier alpha value is -2.21. The molecule has 0 saturated heterocycles. The number of para-hydroxylation sites is 3. The van der Waals surface area contributed by atoms with Gasteiger partial charge in [0, 0.05) is 6.54 Å². The molecule has 5 nitrogen and oxygen atoms in total. The Morgan fingerprint density at radius 1 is 1.04 bits per heavy atom. The van der Waals surface area contributed by atoms with Crippen LogP contribution in [0.2, 0.25) is 10.0 Å². The molecule has 7 heteroatoms. The second-order valence-corrected chi connectivity index (χ2v) is 7.01. The minimum absolute atomic E-state index is 0.182. The number of aryl methyl sites for hydroxylation is 1. The monoisotopic (exact) mass is 402 g/mol. The summed E-state index contributed by atoms with van der Waals surface area (Å²) >= 11 is 12.2. The highest BCUT2D eigenvalue weighted by atomic mass is 35.5. The standard InChI is InChI=1S/C20H20Cl2N4O/c1-3-26(12-19(27)25-20-14(21)7-6-8-15(20)22)11-18-13(2)23-16-9-4-5-10-17(16)24-18/h4-10H,3,11-12H2,1-2H3,(H,25,27). The van der Waals surface area contributed by atoms with Crippen molar-refractivity contribution < 1.29 is 4.79 Å². The van der Waals surface area contributed by atoms with E-state index in [2.05, 4.69) is 10.3 Å². The van der Waals surface area contributed by atoms with Gasteiger partial charge in [0.2, 0.25) is 5.91 Å². The fourth-order valence-electron chi connectivity index (χ4n) is 2.77. The Morgan fingerprint density at radius 3 is 2.30 bits per heavy atom. The lowest BCUT2D eigenvalue weighted by Gasteiger charge is -2.20. The lowest BCUT2D eigenvalue weighted by molar-refractivity contribution is -0.117. The number of fused-ring (bicyclic) bond motifs is 1. The van der Waals surface area contributed by atoms with Gasteiger partial charge in [-0.05, 0) is 37.7 Å². The predicted octanol–water partition coefficient (Wildman–Crippen LogP) is 4.71. The smallest absolute Gasteiger partial charge is 0.238 e. The molecule has 0 saturated carbocycles. The van der Waals surface area contributed by atoms with Crippen molar-refractivity contribution in [3.05, 3.63) is 63.9 Å². The third-order valence-corrected chi connectivity index (χ3v) is 4.89. The molecule has 27 heavy (non-hydrogen) atoms. The van der Waals surface area contributed by atoms with Gasteiger partial charge in [-0.15, -0.1) is 0 Å². The average Bonchev–Trinajstić information content (AvgIpc) is 2.64. The van der Waals surface area contributed by atoms with Crippen LogP contribution >= 0.6 is 23.2 Å². The highest BCUT2D eigenvalue weighted by molar-refractivity contribution is 6.39. The van der Waals surface area contributed by atoms with Crippen molar-refractivity contribution in [1.29, 1.82) is 0 Å². The Labute approximate surface area is 168 Å². The fraction of sp³-hybridized carbons (Fsp3) is 0.250. The Balaban J connectivity index is 1.72. The number of nitrogens with zero attached hydrogens (tertiary/aromatic N) is 3. The number of rotatable bonds is 6. The Kier molecular flexibility index (Phi) is 6.26. The highest BCUT2D eigenvalue weighted by Gasteiger charge is 2.15. The van der Waals surface area contributed by atoms with Gasteiger partial charge in [-0.2, -0.15) is 0 Å². The summed E-state index contributed by atoms with van der Waals surface area (Å²) in [6, 6.07) is 12.9. The molecule has 140 valence electrons. The van der Waals surface area contributed by atoms with E-state index in [0.29, 0.717) is 28.8 Å². The van der Waals surface area contributed by atoms with Gasteiger partial charge < -0.3 is 5.32 Å². The molecular weight excluding hydrogens is 383 g/mol. The van der Waals surface area contributed by atoms with E-state index in [0.717, 1.165) is 22.4 Å². The number of carbonyl (C=O) groups is 1. The molecular formula is C20H20Cl2N4O. The first-order valence-electron chi connectivity index (χ1n) is 8.66. The summed E-state index contributed by atoms with van der Waals surface area (Å²) in [5.41, 5.74) is 3.87. The number of hydrogen-bond donors (Lipinski definition) is 1. The molecule has 1 heterocycles.